The highest BCUT2D eigenvalue weighted by Crippen LogP contribution is 2.34. The smallest absolute Gasteiger partial charge is 0.231 e. The van der Waals surface area contributed by atoms with E-state index in [0.29, 0.717) is 43.7 Å². The average Bonchev–Trinajstić information content (AvgIpc) is 3.48. The van der Waals surface area contributed by atoms with Gasteiger partial charge < -0.3 is 0 Å². The van der Waals surface area contributed by atoms with Gasteiger partial charge in [0.1, 0.15) is 17.5 Å². The molecule has 2 aliphatic rings. The highest BCUT2D eigenvalue weighted by atomic mass is 19.1. The maximum atomic E-state index is 14.3. The van der Waals surface area contributed by atoms with E-state index >= 15 is 0 Å². The van der Waals surface area contributed by atoms with Crippen LogP contribution in [0.25, 0.3) is 0 Å². The summed E-state index contributed by atoms with van der Waals surface area (Å²) in [6.07, 6.45) is 2.92. The summed E-state index contributed by atoms with van der Waals surface area (Å²) in [7, 11) is 1.78. The molecule has 1 aromatic carbocycles. The number of rotatable bonds is 6. The number of halogens is 1. The van der Waals surface area contributed by atoms with Crippen LogP contribution in [-0.4, -0.2) is 43.3 Å². The van der Waals surface area contributed by atoms with Crippen LogP contribution in [0.2, 0.25) is 0 Å². The molecule has 0 bridgehead atoms. The zero-order chi connectivity index (χ0) is 23.1. The quantitative estimate of drug-likeness (QED) is 0.537. The van der Waals surface area contributed by atoms with Crippen LogP contribution in [-0.2, 0) is 17.9 Å². The summed E-state index contributed by atoms with van der Waals surface area (Å²) in [6.45, 7) is 3.22. The van der Waals surface area contributed by atoms with Gasteiger partial charge in [-0.3, -0.25) is 14.5 Å². The maximum Gasteiger partial charge on any atom is 0.231 e. The van der Waals surface area contributed by atoms with Crippen molar-refractivity contribution < 1.29 is 14.0 Å². The van der Waals surface area contributed by atoms with Gasteiger partial charge in [0.25, 0.3) is 0 Å². The maximum absolute atomic E-state index is 14.3. The van der Waals surface area contributed by atoms with Gasteiger partial charge in [0.05, 0.1) is 5.69 Å². The molecule has 4 heterocycles. The number of hydrogen-bond acceptors (Lipinski definition) is 5. The molecule has 2 aliphatic heterocycles. The summed E-state index contributed by atoms with van der Waals surface area (Å²) in [5, 5.41) is 8.84. The van der Waals surface area contributed by atoms with Gasteiger partial charge in [0.2, 0.25) is 17.5 Å². The Morgan fingerprint density at radius 3 is 2.76 bits per heavy atom. The van der Waals surface area contributed by atoms with Gasteiger partial charge in [-0.05, 0) is 44.2 Å². The van der Waals surface area contributed by atoms with E-state index < -0.39 is 0 Å². The monoisotopic (exact) mass is 450 g/mol. The van der Waals surface area contributed by atoms with Crippen LogP contribution in [0.3, 0.4) is 0 Å². The predicted octanol–water partition coefficient (Wildman–Crippen LogP) is 3.49. The highest BCUT2D eigenvalue weighted by molar-refractivity contribution is 5.94. The summed E-state index contributed by atoms with van der Waals surface area (Å²) in [5.74, 6) is 0.985. The number of hydrogen-bond donors (Lipinski definition) is 0. The third-order valence-corrected chi connectivity index (χ3v) is 6.72. The number of ketones is 1. The average molecular weight is 451 g/mol. The first kappa shape index (κ1) is 21.5. The molecule has 5 rings (SSSR count). The molecule has 0 spiro atoms. The van der Waals surface area contributed by atoms with Gasteiger partial charge in [0, 0.05) is 44.5 Å². The zero-order valence-electron chi connectivity index (χ0n) is 18.9. The van der Waals surface area contributed by atoms with Crippen LogP contribution < -0.4 is 4.90 Å². The van der Waals surface area contributed by atoms with E-state index in [4.69, 9.17) is 0 Å². The summed E-state index contributed by atoms with van der Waals surface area (Å²) in [4.78, 5) is 31.8. The number of carbonyl (C=O) groups excluding carboxylic acids is 2. The van der Waals surface area contributed by atoms with E-state index in [0.717, 1.165) is 17.9 Å². The number of amides is 1. The van der Waals surface area contributed by atoms with Crippen LogP contribution in [0, 0.1) is 18.7 Å². The van der Waals surface area contributed by atoms with Crippen molar-refractivity contribution in [3.8, 4) is 0 Å². The Morgan fingerprint density at radius 1 is 1.15 bits per heavy atom. The van der Waals surface area contributed by atoms with Crippen LogP contribution in [0.1, 0.15) is 65.7 Å². The third-order valence-electron chi connectivity index (χ3n) is 6.72. The number of aromatic nitrogens is 5. The van der Waals surface area contributed by atoms with Crippen molar-refractivity contribution in [3.05, 3.63) is 59.1 Å². The molecule has 1 amide bonds. The first-order valence-electron chi connectivity index (χ1n) is 11.5. The van der Waals surface area contributed by atoms with E-state index in [9.17, 15) is 14.0 Å². The van der Waals surface area contributed by atoms with Gasteiger partial charge in [-0.25, -0.2) is 18.7 Å². The molecule has 0 fully saturated rings. The Kier molecular flexibility index (Phi) is 5.55. The lowest BCUT2D eigenvalue weighted by atomic mass is 9.96. The number of anilines is 1. The van der Waals surface area contributed by atoms with E-state index in [-0.39, 0.29) is 41.6 Å². The molecule has 33 heavy (non-hydrogen) atoms. The van der Waals surface area contributed by atoms with Crippen molar-refractivity contribution in [1.82, 2.24) is 24.5 Å². The fourth-order valence-corrected chi connectivity index (χ4v) is 4.97. The second-order valence-corrected chi connectivity index (χ2v) is 8.94. The summed E-state index contributed by atoms with van der Waals surface area (Å²) >= 11 is 0. The van der Waals surface area contributed by atoms with Crippen molar-refractivity contribution in [1.29, 1.82) is 0 Å². The Bertz CT molecular complexity index is 1220. The molecule has 0 N–H and O–H groups in total. The minimum Gasteiger partial charge on any atom is -0.300 e. The SMILES string of the molecule is Cc1cc2n(n1)CC[C@H](CCCC(=O)c1nc3n(n1)CC[C@H]3c1ccccc1F)C(=O)N2C. The Labute approximate surface area is 191 Å². The van der Waals surface area contributed by atoms with Gasteiger partial charge in [-0.2, -0.15) is 5.10 Å². The molecular weight excluding hydrogens is 423 g/mol. The zero-order valence-corrected chi connectivity index (χ0v) is 18.9. The molecule has 0 unspecified atom stereocenters. The topological polar surface area (TPSA) is 85.9 Å². The van der Waals surface area contributed by atoms with Crippen LogP contribution in [0.4, 0.5) is 10.2 Å². The van der Waals surface area contributed by atoms with Crippen molar-refractivity contribution in [3.63, 3.8) is 0 Å². The van der Waals surface area contributed by atoms with Crippen LogP contribution in [0.5, 0.6) is 0 Å². The third kappa shape index (κ3) is 3.96. The van der Waals surface area contributed by atoms with Crippen molar-refractivity contribution in [2.24, 2.45) is 5.92 Å². The molecule has 3 aromatic rings. The molecular formula is C24H27FN6O2. The van der Waals surface area contributed by atoms with Crippen LogP contribution in [0.15, 0.2) is 30.3 Å². The summed E-state index contributed by atoms with van der Waals surface area (Å²) < 4.78 is 17.9. The fourth-order valence-electron chi connectivity index (χ4n) is 4.97. The lowest BCUT2D eigenvalue weighted by Crippen LogP contribution is -2.32. The van der Waals surface area contributed by atoms with Crippen molar-refractivity contribution >= 4 is 17.5 Å². The minimum absolute atomic E-state index is 0.0629. The molecule has 0 saturated heterocycles. The number of fused-ring (bicyclic) bond motifs is 2. The number of nitrogens with zero attached hydrogens (tertiary/aromatic N) is 6. The lowest BCUT2D eigenvalue weighted by molar-refractivity contribution is -0.122. The van der Waals surface area contributed by atoms with Gasteiger partial charge in [-0.15, -0.1) is 5.10 Å². The minimum atomic E-state index is -0.262. The Balaban J connectivity index is 1.21. The predicted molar refractivity (Wildman–Crippen MR) is 120 cm³/mol. The van der Waals surface area contributed by atoms with Gasteiger partial charge in [0.15, 0.2) is 0 Å². The van der Waals surface area contributed by atoms with Crippen molar-refractivity contribution in [2.45, 2.75) is 58.0 Å². The number of benzene rings is 1. The van der Waals surface area contributed by atoms with E-state index in [2.05, 4.69) is 15.2 Å². The first-order valence-corrected chi connectivity index (χ1v) is 11.5. The molecule has 172 valence electrons. The lowest BCUT2D eigenvalue weighted by Gasteiger charge is -2.19. The normalized spacial score (nSPS) is 20.0. The molecule has 0 radical (unpaired) electrons. The molecule has 0 saturated carbocycles. The summed E-state index contributed by atoms with van der Waals surface area (Å²) in [6, 6.07) is 8.60. The molecule has 0 aliphatic carbocycles. The number of Topliss-reactive ketones (excluding diaryl/α,β-unsaturated/α-hetero) is 1. The van der Waals surface area contributed by atoms with E-state index in [1.54, 1.807) is 28.8 Å². The highest BCUT2D eigenvalue weighted by Gasteiger charge is 2.32. The van der Waals surface area contributed by atoms with Gasteiger partial charge in [-0.1, -0.05) is 18.2 Å². The molecule has 2 aromatic heterocycles. The fraction of sp³-hybridized carbons (Fsp3) is 0.458. The van der Waals surface area contributed by atoms with Crippen molar-refractivity contribution in [2.75, 3.05) is 11.9 Å². The molecule has 2 atom stereocenters. The molecule has 8 nitrogen and oxygen atoms in total. The first-order chi connectivity index (χ1) is 15.9. The number of carbonyl (C=O) groups is 2. The van der Waals surface area contributed by atoms with E-state index in [1.165, 1.54) is 6.07 Å². The Morgan fingerprint density at radius 2 is 1.94 bits per heavy atom. The standard InChI is InChI=1S/C24H27FN6O2/c1-15-14-21-29(2)24(33)16(10-12-30(21)27-15)6-5-9-20(32)22-26-23-18(11-13-31(23)28-22)17-7-3-4-8-19(17)25/h3-4,7-8,14,16,18H,5-6,9-13H2,1-2H3/t16-,18-/m0/s1. The van der Waals surface area contributed by atoms with E-state index in [1.807, 2.05) is 23.7 Å². The van der Waals surface area contributed by atoms with Gasteiger partial charge >= 0.3 is 0 Å². The summed E-state index contributed by atoms with van der Waals surface area (Å²) in [5.41, 5.74) is 1.49. The largest absolute Gasteiger partial charge is 0.300 e. The number of aryl methyl sites for hydroxylation is 3. The van der Waals surface area contributed by atoms with Crippen LogP contribution >= 0.6 is 0 Å². The molecule has 9 heteroatoms. The Hall–Kier alpha value is -3.36. The second kappa shape index (κ2) is 8.53. The second-order valence-electron chi connectivity index (χ2n) is 8.94.